The zero-order chi connectivity index (χ0) is 28.5. The third-order valence-corrected chi connectivity index (χ3v) is 6.82. The fourth-order valence-corrected chi connectivity index (χ4v) is 4.25. The van der Waals surface area contributed by atoms with Gasteiger partial charge in [-0.2, -0.15) is 0 Å². The largest absolute Gasteiger partial charge is 0.488 e. The van der Waals surface area contributed by atoms with Crippen LogP contribution in [0.4, 0.5) is 11.4 Å². The summed E-state index contributed by atoms with van der Waals surface area (Å²) in [5.41, 5.74) is 18.8. The summed E-state index contributed by atoms with van der Waals surface area (Å²) in [6.45, 7) is 4.81. The van der Waals surface area contributed by atoms with Crippen molar-refractivity contribution >= 4 is 35.1 Å². The van der Waals surface area contributed by atoms with E-state index in [2.05, 4.69) is 21.3 Å². The Kier molecular flexibility index (Phi) is 10.1. The van der Waals surface area contributed by atoms with Gasteiger partial charge in [-0.25, -0.2) is 0 Å². The van der Waals surface area contributed by atoms with Crippen LogP contribution in [0.5, 0.6) is 5.75 Å². The van der Waals surface area contributed by atoms with Crippen molar-refractivity contribution in [2.75, 3.05) is 24.1 Å². The third-order valence-electron chi connectivity index (χ3n) is 6.82. The average Bonchev–Trinajstić information content (AvgIpc) is 2.90. The number of hydrogen-bond acceptors (Lipinski definition) is 7. The summed E-state index contributed by atoms with van der Waals surface area (Å²) in [4.78, 5) is 38.7. The van der Waals surface area contributed by atoms with E-state index >= 15 is 0 Å². The molecule has 0 saturated carbocycles. The van der Waals surface area contributed by atoms with Crippen molar-refractivity contribution in [1.29, 1.82) is 5.41 Å². The molecule has 3 atom stereocenters. The van der Waals surface area contributed by atoms with Gasteiger partial charge in [-0.1, -0.05) is 26.3 Å². The molecule has 0 saturated heterocycles. The number of carbonyl (C=O) groups excluding carboxylic acids is 3. The van der Waals surface area contributed by atoms with Crippen molar-refractivity contribution in [2.45, 2.75) is 51.8 Å². The molecule has 2 aromatic rings. The zero-order valence-electron chi connectivity index (χ0n) is 22.3. The molecule has 0 aromatic heterocycles. The van der Waals surface area contributed by atoms with Crippen LogP contribution in [0.15, 0.2) is 36.4 Å². The molecule has 210 valence electrons. The first kappa shape index (κ1) is 29.2. The van der Waals surface area contributed by atoms with Gasteiger partial charge in [-0.3, -0.25) is 19.8 Å². The summed E-state index contributed by atoms with van der Waals surface area (Å²) in [6.07, 6.45) is 1.78. The first-order valence-corrected chi connectivity index (χ1v) is 13.0. The molecule has 3 amide bonds. The maximum absolute atomic E-state index is 13.5. The molecule has 12 heteroatoms. The summed E-state index contributed by atoms with van der Waals surface area (Å²) < 4.78 is 6.03. The third kappa shape index (κ3) is 8.08. The van der Waals surface area contributed by atoms with Crippen LogP contribution < -0.4 is 43.2 Å². The Balaban J connectivity index is 2.00. The SMILES string of the molecule is CC[C@H](C)C1CN[C@@H](CCCNC(=N)N)C(=O)Nc2cc(C(N)=O)ccc2COc2ccc(N)cc2C(=O)N1. The normalized spacial score (nSPS) is 18.7. The van der Waals surface area contributed by atoms with Crippen LogP contribution in [-0.4, -0.2) is 48.9 Å². The van der Waals surface area contributed by atoms with Gasteiger partial charge in [0.2, 0.25) is 11.8 Å². The van der Waals surface area contributed by atoms with Crippen molar-refractivity contribution in [1.82, 2.24) is 16.0 Å². The molecule has 1 heterocycles. The minimum atomic E-state index is -0.640. The molecule has 11 N–H and O–H groups in total. The van der Waals surface area contributed by atoms with E-state index in [0.717, 1.165) is 6.42 Å². The monoisotopic (exact) mass is 538 g/mol. The molecule has 1 aliphatic heterocycles. The number of fused-ring (bicyclic) bond motifs is 2. The van der Waals surface area contributed by atoms with Gasteiger partial charge in [-0.15, -0.1) is 0 Å². The Labute approximate surface area is 227 Å². The van der Waals surface area contributed by atoms with Crippen LogP contribution in [-0.2, 0) is 11.4 Å². The number of nitrogens with two attached hydrogens (primary N) is 3. The lowest BCUT2D eigenvalue weighted by molar-refractivity contribution is -0.118. The molecular formula is C27H38N8O4. The number of amides is 3. The van der Waals surface area contributed by atoms with Crippen molar-refractivity contribution < 1.29 is 19.1 Å². The van der Waals surface area contributed by atoms with Crippen LogP contribution in [0.2, 0.25) is 0 Å². The molecule has 39 heavy (non-hydrogen) atoms. The Morgan fingerprint density at radius 1 is 1.21 bits per heavy atom. The zero-order valence-corrected chi connectivity index (χ0v) is 22.3. The molecule has 12 nitrogen and oxygen atoms in total. The van der Waals surface area contributed by atoms with E-state index < -0.39 is 11.9 Å². The molecule has 0 radical (unpaired) electrons. The van der Waals surface area contributed by atoms with E-state index in [0.29, 0.717) is 54.2 Å². The number of primary amides is 1. The predicted octanol–water partition coefficient (Wildman–Crippen LogP) is 1.26. The average molecular weight is 539 g/mol. The van der Waals surface area contributed by atoms with Gasteiger partial charge in [0.15, 0.2) is 5.96 Å². The second kappa shape index (κ2) is 13.5. The van der Waals surface area contributed by atoms with E-state index in [1.807, 2.05) is 13.8 Å². The molecular weight excluding hydrogens is 500 g/mol. The van der Waals surface area contributed by atoms with E-state index in [-0.39, 0.29) is 41.9 Å². The number of anilines is 2. The molecule has 3 rings (SSSR count). The topological polar surface area (TPSA) is 210 Å². The lowest BCUT2D eigenvalue weighted by Gasteiger charge is -2.28. The Morgan fingerprint density at radius 3 is 2.67 bits per heavy atom. The second-order valence-electron chi connectivity index (χ2n) is 9.68. The summed E-state index contributed by atoms with van der Waals surface area (Å²) >= 11 is 0. The number of carbonyl (C=O) groups is 3. The molecule has 0 spiro atoms. The minimum absolute atomic E-state index is 0.00821. The minimum Gasteiger partial charge on any atom is -0.488 e. The maximum Gasteiger partial charge on any atom is 0.255 e. The van der Waals surface area contributed by atoms with E-state index in [9.17, 15) is 14.4 Å². The maximum atomic E-state index is 13.5. The Bertz CT molecular complexity index is 1220. The van der Waals surface area contributed by atoms with Gasteiger partial charge in [0.25, 0.3) is 5.91 Å². The van der Waals surface area contributed by atoms with Gasteiger partial charge in [-0.05, 0) is 49.1 Å². The number of nitrogen functional groups attached to an aromatic ring is 1. The van der Waals surface area contributed by atoms with Crippen molar-refractivity contribution in [2.24, 2.45) is 17.4 Å². The summed E-state index contributed by atoms with van der Waals surface area (Å²) in [5.74, 6) is -1.00. The van der Waals surface area contributed by atoms with Crippen LogP contribution in [0.1, 0.15) is 59.4 Å². The Morgan fingerprint density at radius 2 is 1.97 bits per heavy atom. The highest BCUT2D eigenvalue weighted by molar-refractivity contribution is 5.99. The standard InChI is InChI=1S/C27H38N8O4/c1-3-15(2)22-13-33-20(5-4-10-32-27(30)31)26(38)34-21-11-16(24(29)36)6-7-17(21)14-39-23-9-8-18(28)12-19(23)25(37)35-22/h6-9,11-12,15,20,22,33H,3-5,10,13-14,28H2,1-2H3,(H2,29,36)(H,34,38)(H,35,37)(H4,30,31,32)/t15-,20-,22?/m0/s1. The number of guanidine groups is 1. The summed E-state index contributed by atoms with van der Waals surface area (Å²) in [6, 6.07) is 8.63. The van der Waals surface area contributed by atoms with Gasteiger partial charge >= 0.3 is 0 Å². The molecule has 2 aromatic carbocycles. The fourth-order valence-electron chi connectivity index (χ4n) is 4.25. The molecule has 0 aliphatic carbocycles. The fraction of sp³-hybridized carbons (Fsp3) is 0.407. The number of rotatable bonds is 7. The van der Waals surface area contributed by atoms with E-state index in [4.69, 9.17) is 27.3 Å². The lowest BCUT2D eigenvalue weighted by atomic mass is 9.97. The summed E-state index contributed by atoms with van der Waals surface area (Å²) in [7, 11) is 0. The van der Waals surface area contributed by atoms with Crippen LogP contribution in [0.25, 0.3) is 0 Å². The highest BCUT2D eigenvalue weighted by Crippen LogP contribution is 2.26. The van der Waals surface area contributed by atoms with Crippen LogP contribution >= 0.6 is 0 Å². The van der Waals surface area contributed by atoms with E-state index in [1.165, 1.54) is 6.07 Å². The number of hydrogen-bond donors (Lipinski definition) is 8. The van der Waals surface area contributed by atoms with Crippen LogP contribution in [0, 0.1) is 11.3 Å². The predicted molar refractivity (Wildman–Crippen MR) is 150 cm³/mol. The lowest BCUT2D eigenvalue weighted by Crippen LogP contribution is -2.51. The van der Waals surface area contributed by atoms with Crippen molar-refractivity contribution in [3.8, 4) is 5.75 Å². The second-order valence-corrected chi connectivity index (χ2v) is 9.68. The summed E-state index contributed by atoms with van der Waals surface area (Å²) in [5, 5.41) is 19.4. The number of ether oxygens (including phenoxy) is 1. The highest BCUT2D eigenvalue weighted by atomic mass is 16.5. The van der Waals surface area contributed by atoms with Gasteiger partial charge in [0.1, 0.15) is 12.4 Å². The number of benzene rings is 2. The van der Waals surface area contributed by atoms with Gasteiger partial charge in [0, 0.05) is 41.6 Å². The molecule has 0 fully saturated rings. The van der Waals surface area contributed by atoms with Gasteiger partial charge in [0.05, 0.1) is 11.6 Å². The Hall–Kier alpha value is -4.32. The van der Waals surface area contributed by atoms with E-state index in [1.54, 1.807) is 30.3 Å². The smallest absolute Gasteiger partial charge is 0.255 e. The first-order valence-electron chi connectivity index (χ1n) is 13.0. The number of nitrogens with one attached hydrogen (secondary N) is 5. The van der Waals surface area contributed by atoms with Crippen LogP contribution in [0.3, 0.4) is 0 Å². The van der Waals surface area contributed by atoms with Gasteiger partial charge < -0.3 is 43.2 Å². The molecule has 0 bridgehead atoms. The first-order chi connectivity index (χ1) is 18.6. The quantitative estimate of drug-likeness (QED) is 0.111. The molecule has 1 aliphatic rings. The highest BCUT2D eigenvalue weighted by Gasteiger charge is 2.26. The van der Waals surface area contributed by atoms with Crippen molar-refractivity contribution in [3.63, 3.8) is 0 Å². The molecule has 1 unspecified atom stereocenters. The van der Waals surface area contributed by atoms with Crippen molar-refractivity contribution in [3.05, 3.63) is 53.1 Å².